The van der Waals surface area contributed by atoms with Crippen LogP contribution in [0.25, 0.3) is 0 Å². The number of aryl methyl sites for hydroxylation is 3. The largest absolute Gasteiger partial charge is 0.320 e. The number of hydrogen-bond acceptors (Lipinski definition) is 1. The van der Waals surface area contributed by atoms with E-state index in [-0.39, 0.29) is 6.04 Å². The summed E-state index contributed by atoms with van der Waals surface area (Å²) in [5.41, 5.74) is 14.0. The van der Waals surface area contributed by atoms with Crippen molar-refractivity contribution in [2.45, 2.75) is 33.7 Å². The molecule has 0 aliphatic heterocycles. The molecule has 2 rings (SSSR count). The maximum Gasteiger partial charge on any atom is 0.0557 e. The number of benzene rings is 2. The van der Waals surface area contributed by atoms with Gasteiger partial charge in [0.15, 0.2) is 0 Å². The fourth-order valence-electron chi connectivity index (χ4n) is 2.45. The minimum absolute atomic E-state index is 0.0724. The number of hydrogen-bond donors (Lipinski definition) is 1. The van der Waals surface area contributed by atoms with Crippen LogP contribution in [0, 0.1) is 27.7 Å². The lowest BCUT2D eigenvalue weighted by atomic mass is 9.90. The van der Waals surface area contributed by atoms with Crippen molar-refractivity contribution in [2.24, 2.45) is 5.73 Å². The smallest absolute Gasteiger partial charge is 0.0557 e. The number of nitrogens with two attached hydrogens (primary N) is 1. The lowest BCUT2D eigenvalue weighted by molar-refractivity contribution is 0.848. The van der Waals surface area contributed by atoms with Crippen LogP contribution in [-0.2, 0) is 0 Å². The monoisotopic (exact) mass is 317 g/mol. The highest BCUT2D eigenvalue weighted by atomic mass is 79.9. The maximum atomic E-state index is 6.48. The van der Waals surface area contributed by atoms with E-state index in [9.17, 15) is 0 Å². The SMILES string of the molecule is Cc1cc(C)c(C(N)c2cccc(Br)c2C)cc1C. The van der Waals surface area contributed by atoms with Gasteiger partial charge in [-0.25, -0.2) is 0 Å². The van der Waals surface area contributed by atoms with Gasteiger partial charge in [-0.3, -0.25) is 0 Å². The molecule has 0 bridgehead atoms. The summed E-state index contributed by atoms with van der Waals surface area (Å²) in [5.74, 6) is 0. The number of rotatable bonds is 2. The van der Waals surface area contributed by atoms with Crippen LogP contribution in [-0.4, -0.2) is 0 Å². The minimum atomic E-state index is -0.0724. The van der Waals surface area contributed by atoms with Crippen LogP contribution >= 0.6 is 15.9 Å². The van der Waals surface area contributed by atoms with Crippen molar-refractivity contribution in [3.63, 3.8) is 0 Å². The van der Waals surface area contributed by atoms with Crippen LogP contribution in [0.3, 0.4) is 0 Å². The molecular formula is C17H20BrN. The summed E-state index contributed by atoms with van der Waals surface area (Å²) in [7, 11) is 0. The first-order chi connectivity index (χ1) is 8.91. The first-order valence-electron chi connectivity index (χ1n) is 6.50. The van der Waals surface area contributed by atoms with E-state index in [0.717, 1.165) is 4.47 Å². The Labute approximate surface area is 124 Å². The molecule has 2 heteroatoms. The summed E-state index contributed by atoms with van der Waals surface area (Å²) < 4.78 is 1.11. The predicted molar refractivity (Wildman–Crippen MR) is 85.6 cm³/mol. The Balaban J connectivity index is 2.53. The molecule has 19 heavy (non-hydrogen) atoms. The van der Waals surface area contributed by atoms with Crippen LogP contribution in [0.2, 0.25) is 0 Å². The van der Waals surface area contributed by atoms with Crippen LogP contribution in [0.1, 0.15) is 39.4 Å². The summed E-state index contributed by atoms with van der Waals surface area (Å²) in [4.78, 5) is 0. The minimum Gasteiger partial charge on any atom is -0.320 e. The zero-order valence-electron chi connectivity index (χ0n) is 11.9. The molecule has 0 fully saturated rings. The first-order valence-corrected chi connectivity index (χ1v) is 7.29. The molecule has 0 amide bonds. The molecule has 0 aliphatic rings. The Morgan fingerprint density at radius 1 is 0.895 bits per heavy atom. The molecule has 0 spiro atoms. The van der Waals surface area contributed by atoms with Gasteiger partial charge in [0.2, 0.25) is 0 Å². The zero-order valence-corrected chi connectivity index (χ0v) is 13.5. The summed E-state index contributed by atoms with van der Waals surface area (Å²) >= 11 is 3.58. The van der Waals surface area contributed by atoms with E-state index >= 15 is 0 Å². The molecular weight excluding hydrogens is 298 g/mol. The second-order valence-corrected chi connectivity index (χ2v) is 6.08. The topological polar surface area (TPSA) is 26.0 Å². The number of halogens is 1. The van der Waals surface area contributed by atoms with Crippen molar-refractivity contribution < 1.29 is 0 Å². The molecule has 0 aromatic heterocycles. The van der Waals surface area contributed by atoms with Gasteiger partial charge in [-0.2, -0.15) is 0 Å². The standard InChI is InChI=1S/C17H20BrN/c1-10-8-12(3)15(9-11(10)2)17(19)14-6-5-7-16(18)13(14)4/h5-9,17H,19H2,1-4H3. The predicted octanol–water partition coefficient (Wildman–Crippen LogP) is 4.73. The van der Waals surface area contributed by atoms with Crippen molar-refractivity contribution in [2.75, 3.05) is 0 Å². The second kappa shape index (κ2) is 5.48. The molecule has 1 atom stereocenters. The highest BCUT2D eigenvalue weighted by Crippen LogP contribution is 2.30. The van der Waals surface area contributed by atoms with Crippen molar-refractivity contribution in [3.8, 4) is 0 Å². The summed E-state index contributed by atoms with van der Waals surface area (Å²) in [5, 5.41) is 0. The van der Waals surface area contributed by atoms with E-state index < -0.39 is 0 Å². The Hall–Kier alpha value is -1.12. The molecule has 100 valence electrons. The lowest BCUT2D eigenvalue weighted by Gasteiger charge is -2.19. The fraction of sp³-hybridized carbons (Fsp3) is 0.294. The average Bonchev–Trinajstić information content (AvgIpc) is 2.36. The van der Waals surface area contributed by atoms with Crippen molar-refractivity contribution in [3.05, 3.63) is 68.2 Å². The van der Waals surface area contributed by atoms with Gasteiger partial charge in [0.25, 0.3) is 0 Å². The molecule has 0 radical (unpaired) electrons. The third-order valence-electron chi connectivity index (χ3n) is 3.86. The van der Waals surface area contributed by atoms with Crippen molar-refractivity contribution in [1.82, 2.24) is 0 Å². The Morgan fingerprint density at radius 2 is 1.53 bits per heavy atom. The Bertz CT molecular complexity index is 617. The van der Waals surface area contributed by atoms with Crippen LogP contribution in [0.5, 0.6) is 0 Å². The van der Waals surface area contributed by atoms with Gasteiger partial charge >= 0.3 is 0 Å². The highest BCUT2D eigenvalue weighted by Gasteiger charge is 2.15. The second-order valence-electron chi connectivity index (χ2n) is 5.22. The highest BCUT2D eigenvalue weighted by molar-refractivity contribution is 9.10. The van der Waals surface area contributed by atoms with Crippen LogP contribution < -0.4 is 5.73 Å². The van der Waals surface area contributed by atoms with E-state index in [4.69, 9.17) is 5.73 Å². The van der Waals surface area contributed by atoms with E-state index in [2.05, 4.69) is 67.9 Å². The van der Waals surface area contributed by atoms with E-state index in [1.165, 1.54) is 33.4 Å². The quantitative estimate of drug-likeness (QED) is 0.851. The molecule has 0 saturated heterocycles. The van der Waals surface area contributed by atoms with Crippen LogP contribution in [0.4, 0.5) is 0 Å². The van der Waals surface area contributed by atoms with Crippen molar-refractivity contribution in [1.29, 1.82) is 0 Å². The third-order valence-corrected chi connectivity index (χ3v) is 4.72. The molecule has 2 N–H and O–H groups in total. The molecule has 1 unspecified atom stereocenters. The molecule has 0 aliphatic carbocycles. The summed E-state index contributed by atoms with van der Waals surface area (Å²) in [6.07, 6.45) is 0. The van der Waals surface area contributed by atoms with Gasteiger partial charge in [0.1, 0.15) is 0 Å². The van der Waals surface area contributed by atoms with E-state index in [0.29, 0.717) is 0 Å². The van der Waals surface area contributed by atoms with Gasteiger partial charge in [0, 0.05) is 4.47 Å². The Kier molecular flexibility index (Phi) is 4.12. The van der Waals surface area contributed by atoms with Gasteiger partial charge < -0.3 is 5.73 Å². The lowest BCUT2D eigenvalue weighted by Crippen LogP contribution is -2.15. The molecule has 1 nitrogen and oxygen atoms in total. The first kappa shape index (κ1) is 14.3. The van der Waals surface area contributed by atoms with Crippen molar-refractivity contribution >= 4 is 15.9 Å². The van der Waals surface area contributed by atoms with Gasteiger partial charge in [0.05, 0.1) is 6.04 Å². The van der Waals surface area contributed by atoms with E-state index in [1.54, 1.807) is 0 Å². The summed E-state index contributed by atoms with van der Waals surface area (Å²) in [6.45, 7) is 8.52. The fourth-order valence-corrected chi connectivity index (χ4v) is 2.83. The molecule has 2 aromatic rings. The van der Waals surface area contributed by atoms with Gasteiger partial charge in [-0.1, -0.05) is 40.2 Å². The zero-order chi connectivity index (χ0) is 14.2. The normalized spacial score (nSPS) is 12.5. The van der Waals surface area contributed by atoms with Gasteiger partial charge in [-0.05, 0) is 67.1 Å². The third kappa shape index (κ3) is 2.75. The maximum absolute atomic E-state index is 6.48. The molecule has 0 heterocycles. The van der Waals surface area contributed by atoms with E-state index in [1.807, 2.05) is 6.07 Å². The summed E-state index contributed by atoms with van der Waals surface area (Å²) in [6, 6.07) is 10.6. The van der Waals surface area contributed by atoms with Gasteiger partial charge in [-0.15, -0.1) is 0 Å². The molecule has 2 aromatic carbocycles. The molecule has 0 saturated carbocycles. The average molecular weight is 318 g/mol. The van der Waals surface area contributed by atoms with Crippen LogP contribution in [0.15, 0.2) is 34.8 Å². The Morgan fingerprint density at radius 3 is 2.21 bits per heavy atom.